The summed E-state index contributed by atoms with van der Waals surface area (Å²) in [6.07, 6.45) is 2.24. The number of carbonyl (C=O) groups excluding carboxylic acids is 1. The van der Waals surface area contributed by atoms with Crippen molar-refractivity contribution < 1.29 is 14.3 Å². The topological polar surface area (TPSA) is 49.3 Å². The highest BCUT2D eigenvalue weighted by Crippen LogP contribution is 2.22. The number of hydrogen-bond donors (Lipinski definition) is 2. The summed E-state index contributed by atoms with van der Waals surface area (Å²) >= 11 is 1.95. The average Bonchev–Trinajstić information content (AvgIpc) is 2.52. The monoisotopic (exact) mass is 307 g/mol. The van der Waals surface area contributed by atoms with Crippen LogP contribution in [0.1, 0.15) is 28.8 Å². The van der Waals surface area contributed by atoms with Gasteiger partial charge in [-0.25, -0.2) is 4.39 Å². The summed E-state index contributed by atoms with van der Waals surface area (Å²) in [5.41, 5.74) is 0.483. The Kier molecular flexibility index (Phi) is 6.09. The van der Waals surface area contributed by atoms with E-state index in [0.717, 1.165) is 24.3 Å². The van der Waals surface area contributed by atoms with E-state index in [1.54, 1.807) is 6.07 Å². The van der Waals surface area contributed by atoms with Gasteiger partial charge in [0, 0.05) is 12.1 Å². The van der Waals surface area contributed by atoms with Gasteiger partial charge in [0.25, 0.3) is 5.91 Å². The Morgan fingerprint density at radius 2 is 2.19 bits per heavy atom. The first-order chi connectivity index (χ1) is 10.2. The second kappa shape index (κ2) is 8.06. The molecule has 5 heteroatoms. The molecule has 1 fully saturated rings. The van der Waals surface area contributed by atoms with Gasteiger partial charge in [-0.2, -0.15) is 11.8 Å². The van der Waals surface area contributed by atoms with Crippen molar-refractivity contribution in [2.45, 2.75) is 12.8 Å². The Morgan fingerprint density at radius 1 is 1.43 bits per heavy atom. The van der Waals surface area contributed by atoms with Gasteiger partial charge in [-0.15, -0.1) is 0 Å². The zero-order chi connectivity index (χ0) is 15.1. The number of nitrogens with one attached hydrogen (secondary N) is 1. The molecule has 0 unspecified atom stereocenters. The van der Waals surface area contributed by atoms with Crippen molar-refractivity contribution in [1.29, 1.82) is 0 Å². The minimum absolute atomic E-state index is 0.185. The van der Waals surface area contributed by atoms with Gasteiger partial charge in [0.1, 0.15) is 12.4 Å². The van der Waals surface area contributed by atoms with Crippen LogP contribution in [0.5, 0.6) is 0 Å². The molecule has 1 heterocycles. The van der Waals surface area contributed by atoms with Crippen molar-refractivity contribution in [1.82, 2.24) is 5.32 Å². The lowest BCUT2D eigenvalue weighted by molar-refractivity contribution is 0.0946. The van der Waals surface area contributed by atoms with Gasteiger partial charge >= 0.3 is 0 Å². The van der Waals surface area contributed by atoms with Crippen molar-refractivity contribution in [3.63, 3.8) is 0 Å². The van der Waals surface area contributed by atoms with Crippen molar-refractivity contribution >= 4 is 17.7 Å². The van der Waals surface area contributed by atoms with Gasteiger partial charge in [0.2, 0.25) is 0 Å². The molecule has 0 aromatic heterocycles. The molecule has 2 rings (SSSR count). The molecule has 0 aliphatic carbocycles. The molecule has 21 heavy (non-hydrogen) atoms. The third kappa shape index (κ3) is 4.76. The molecule has 1 aromatic carbocycles. The van der Waals surface area contributed by atoms with Gasteiger partial charge in [0.05, 0.1) is 5.56 Å². The molecule has 1 aliphatic rings. The van der Waals surface area contributed by atoms with E-state index in [0.29, 0.717) is 18.0 Å². The average molecular weight is 307 g/mol. The van der Waals surface area contributed by atoms with Crippen LogP contribution in [-0.4, -0.2) is 35.7 Å². The van der Waals surface area contributed by atoms with Crippen molar-refractivity contribution in [2.24, 2.45) is 5.92 Å². The van der Waals surface area contributed by atoms with E-state index in [4.69, 9.17) is 5.11 Å². The molecule has 1 saturated heterocycles. The Balaban J connectivity index is 1.94. The Hall–Kier alpha value is -1.51. The number of rotatable bonds is 3. The quantitative estimate of drug-likeness (QED) is 0.840. The molecule has 0 atom stereocenters. The fourth-order valence-electron chi connectivity index (χ4n) is 2.18. The highest BCUT2D eigenvalue weighted by atomic mass is 32.2. The Morgan fingerprint density at radius 3 is 2.86 bits per heavy atom. The second-order valence-electron chi connectivity index (χ2n) is 4.92. The van der Waals surface area contributed by atoms with Crippen LogP contribution in [0.3, 0.4) is 0 Å². The predicted molar refractivity (Wildman–Crippen MR) is 82.7 cm³/mol. The molecule has 0 radical (unpaired) electrons. The van der Waals surface area contributed by atoms with Crippen LogP contribution in [-0.2, 0) is 0 Å². The van der Waals surface area contributed by atoms with Crippen LogP contribution in [0.2, 0.25) is 0 Å². The summed E-state index contributed by atoms with van der Waals surface area (Å²) < 4.78 is 13.8. The van der Waals surface area contributed by atoms with Gasteiger partial charge in [-0.1, -0.05) is 11.8 Å². The zero-order valence-corrected chi connectivity index (χ0v) is 12.5. The van der Waals surface area contributed by atoms with E-state index < -0.39 is 5.82 Å². The van der Waals surface area contributed by atoms with Crippen LogP contribution in [0, 0.1) is 23.6 Å². The number of benzene rings is 1. The molecule has 0 bridgehead atoms. The van der Waals surface area contributed by atoms with Crippen LogP contribution in [0.15, 0.2) is 18.2 Å². The summed E-state index contributed by atoms with van der Waals surface area (Å²) in [7, 11) is 0. The lowest BCUT2D eigenvalue weighted by Gasteiger charge is -2.21. The van der Waals surface area contributed by atoms with Crippen molar-refractivity contribution in [2.75, 3.05) is 24.7 Å². The molecule has 3 nitrogen and oxygen atoms in total. The predicted octanol–water partition coefficient (Wildman–Crippen LogP) is 2.04. The third-order valence-electron chi connectivity index (χ3n) is 3.43. The van der Waals surface area contributed by atoms with Gasteiger partial charge in [-0.3, -0.25) is 4.79 Å². The van der Waals surface area contributed by atoms with Crippen LogP contribution < -0.4 is 5.32 Å². The number of hydrogen-bond acceptors (Lipinski definition) is 3. The second-order valence-corrected chi connectivity index (χ2v) is 6.15. The first-order valence-electron chi connectivity index (χ1n) is 6.96. The maximum absolute atomic E-state index is 13.8. The number of thioether (sulfide) groups is 1. The van der Waals surface area contributed by atoms with Gasteiger partial charge in [0.15, 0.2) is 0 Å². The lowest BCUT2D eigenvalue weighted by atomic mass is 10.0. The summed E-state index contributed by atoms with van der Waals surface area (Å²) in [6.45, 7) is 0.328. The van der Waals surface area contributed by atoms with Gasteiger partial charge in [-0.05, 0) is 48.5 Å². The standard InChI is InChI=1S/C16H18FNO2S/c17-15-10-14(4-3-13(15)2-1-7-19)16(20)18-11-12-5-8-21-9-6-12/h3-4,10,12,19H,5-9,11H2,(H,18,20). The number of aliphatic hydroxyl groups excluding tert-OH is 1. The smallest absolute Gasteiger partial charge is 0.251 e. The van der Waals surface area contributed by atoms with E-state index in [-0.39, 0.29) is 18.1 Å². The SMILES string of the molecule is O=C(NCC1CCSCC1)c1ccc(C#CCO)c(F)c1. The lowest BCUT2D eigenvalue weighted by Crippen LogP contribution is -2.31. The molecule has 1 aliphatic heterocycles. The van der Waals surface area contributed by atoms with Crippen LogP contribution in [0.4, 0.5) is 4.39 Å². The first-order valence-corrected chi connectivity index (χ1v) is 8.11. The van der Waals surface area contributed by atoms with Gasteiger partial charge < -0.3 is 10.4 Å². The highest BCUT2D eigenvalue weighted by Gasteiger charge is 2.15. The first kappa shape index (κ1) is 15.9. The fraction of sp³-hybridized carbons (Fsp3) is 0.438. The Labute approximate surface area is 128 Å². The van der Waals surface area contributed by atoms with Crippen LogP contribution >= 0.6 is 11.8 Å². The molecule has 1 aromatic rings. The fourth-order valence-corrected chi connectivity index (χ4v) is 3.39. The maximum Gasteiger partial charge on any atom is 0.251 e. The van der Waals surface area contributed by atoms with E-state index in [2.05, 4.69) is 17.2 Å². The number of halogens is 1. The molecular weight excluding hydrogens is 289 g/mol. The minimum atomic E-state index is -0.544. The Bertz CT molecular complexity index is 559. The van der Waals surface area contributed by atoms with Crippen molar-refractivity contribution in [3.05, 3.63) is 35.1 Å². The third-order valence-corrected chi connectivity index (χ3v) is 4.47. The highest BCUT2D eigenvalue weighted by molar-refractivity contribution is 7.99. The van der Waals surface area contributed by atoms with E-state index in [9.17, 15) is 9.18 Å². The van der Waals surface area contributed by atoms with E-state index in [1.165, 1.54) is 12.1 Å². The number of aliphatic hydroxyl groups is 1. The summed E-state index contributed by atoms with van der Waals surface area (Å²) in [5, 5.41) is 11.5. The normalized spacial score (nSPS) is 15.1. The minimum Gasteiger partial charge on any atom is -0.384 e. The molecule has 112 valence electrons. The molecular formula is C16H18FNO2S. The summed E-state index contributed by atoms with van der Waals surface area (Å²) in [6, 6.07) is 4.20. The largest absolute Gasteiger partial charge is 0.384 e. The molecule has 1 amide bonds. The molecule has 0 saturated carbocycles. The summed E-state index contributed by atoms with van der Waals surface area (Å²) in [5.74, 6) is 6.90. The zero-order valence-electron chi connectivity index (χ0n) is 11.7. The van der Waals surface area contributed by atoms with E-state index >= 15 is 0 Å². The molecule has 2 N–H and O–H groups in total. The molecule has 0 spiro atoms. The van der Waals surface area contributed by atoms with Crippen molar-refractivity contribution in [3.8, 4) is 11.8 Å². The number of carbonyl (C=O) groups is 1. The van der Waals surface area contributed by atoms with E-state index in [1.807, 2.05) is 11.8 Å². The van der Waals surface area contributed by atoms with Crippen LogP contribution in [0.25, 0.3) is 0 Å². The number of amides is 1. The maximum atomic E-state index is 13.8. The summed E-state index contributed by atoms with van der Waals surface area (Å²) in [4.78, 5) is 12.0.